The number of imidazole rings is 2. The van der Waals surface area contributed by atoms with Crippen LogP contribution in [-0.2, 0) is 35.8 Å². The predicted octanol–water partition coefficient (Wildman–Crippen LogP) is 0.631. The number of nitrogens with zero attached hydrogens (tertiary/aromatic N) is 5. The fourth-order valence-electron chi connectivity index (χ4n) is 2.72. The van der Waals surface area contributed by atoms with E-state index in [2.05, 4.69) is 35.6 Å². The summed E-state index contributed by atoms with van der Waals surface area (Å²) in [4.78, 5) is 33.3. The molecule has 0 aliphatic carbocycles. The Hall–Kier alpha value is -2.68. The molecule has 0 aliphatic rings. The molecule has 0 saturated carbocycles. The Morgan fingerprint density at radius 3 is 1.67 bits per heavy atom. The highest BCUT2D eigenvalue weighted by Crippen LogP contribution is 2.20. The first kappa shape index (κ1) is 20.6. The second-order valence-electron chi connectivity index (χ2n) is 7.53. The quantitative estimate of drug-likeness (QED) is 0.630. The van der Waals surface area contributed by atoms with Crippen LogP contribution in [0.15, 0.2) is 24.8 Å². The van der Waals surface area contributed by atoms with Crippen molar-refractivity contribution in [1.29, 1.82) is 0 Å². The Morgan fingerprint density at radius 2 is 1.33 bits per heavy atom. The van der Waals surface area contributed by atoms with Crippen molar-refractivity contribution >= 4 is 11.8 Å². The Balaban J connectivity index is 2.14. The van der Waals surface area contributed by atoms with E-state index >= 15 is 0 Å². The smallest absolute Gasteiger partial charge is 0.219 e. The van der Waals surface area contributed by atoms with Crippen LogP contribution in [0.5, 0.6) is 0 Å². The van der Waals surface area contributed by atoms with Crippen LogP contribution in [0, 0.1) is 0 Å². The van der Waals surface area contributed by atoms with E-state index in [1.807, 2.05) is 21.5 Å². The molecule has 0 bridgehead atoms. The summed E-state index contributed by atoms with van der Waals surface area (Å²) < 4.78 is 3.89. The summed E-state index contributed by atoms with van der Waals surface area (Å²) in [6.07, 6.45) is 7.71. The van der Waals surface area contributed by atoms with Crippen molar-refractivity contribution in [2.45, 2.75) is 65.3 Å². The van der Waals surface area contributed by atoms with Gasteiger partial charge in [-0.15, -0.1) is 0 Å². The fourth-order valence-corrected chi connectivity index (χ4v) is 2.72. The van der Waals surface area contributed by atoms with Gasteiger partial charge in [-0.05, 0) is 20.8 Å². The highest BCUT2D eigenvalue weighted by atomic mass is 16.1. The molecule has 2 rings (SSSR count). The van der Waals surface area contributed by atoms with E-state index in [1.54, 1.807) is 12.4 Å². The van der Waals surface area contributed by atoms with Crippen LogP contribution in [0.3, 0.4) is 0 Å². The zero-order chi connectivity index (χ0) is 20.0. The molecule has 148 valence electrons. The largest absolute Gasteiger partial charge is 0.370 e. The summed E-state index contributed by atoms with van der Waals surface area (Å²) in [7, 11) is 0. The van der Waals surface area contributed by atoms with Gasteiger partial charge < -0.3 is 20.6 Å². The lowest BCUT2D eigenvalue weighted by Crippen LogP contribution is -2.41. The number of primary amides is 2. The van der Waals surface area contributed by atoms with Gasteiger partial charge in [0.15, 0.2) is 0 Å². The zero-order valence-electron chi connectivity index (χ0n) is 16.3. The van der Waals surface area contributed by atoms with Crippen LogP contribution in [-0.4, -0.2) is 41.4 Å². The second-order valence-corrected chi connectivity index (χ2v) is 7.53. The third kappa shape index (κ3) is 6.21. The average Bonchev–Trinajstić information content (AvgIpc) is 3.18. The molecular weight excluding hydrogens is 346 g/mol. The normalized spacial score (nSPS) is 11.9. The molecule has 0 fully saturated rings. The van der Waals surface area contributed by atoms with Gasteiger partial charge in [-0.3, -0.25) is 14.5 Å². The van der Waals surface area contributed by atoms with Crippen LogP contribution < -0.4 is 11.5 Å². The summed E-state index contributed by atoms with van der Waals surface area (Å²) in [5.41, 5.74) is 10.4. The van der Waals surface area contributed by atoms with Gasteiger partial charge in [0, 0.05) is 56.3 Å². The maximum Gasteiger partial charge on any atom is 0.219 e. The van der Waals surface area contributed by atoms with Gasteiger partial charge in [0.2, 0.25) is 11.8 Å². The number of carbonyl (C=O) groups is 2. The van der Waals surface area contributed by atoms with Crippen LogP contribution in [0.2, 0.25) is 0 Å². The zero-order valence-corrected chi connectivity index (χ0v) is 16.3. The minimum absolute atomic E-state index is 0.138. The summed E-state index contributed by atoms with van der Waals surface area (Å²) in [6.45, 7) is 8.59. The highest BCUT2D eigenvalue weighted by Gasteiger charge is 2.25. The molecule has 2 aromatic heterocycles. The van der Waals surface area contributed by atoms with Gasteiger partial charge in [-0.2, -0.15) is 0 Å². The third-order valence-corrected chi connectivity index (χ3v) is 4.41. The molecule has 0 spiro atoms. The van der Waals surface area contributed by atoms with E-state index in [4.69, 9.17) is 11.5 Å². The third-order valence-electron chi connectivity index (χ3n) is 4.41. The van der Waals surface area contributed by atoms with Gasteiger partial charge in [0.1, 0.15) is 11.6 Å². The highest BCUT2D eigenvalue weighted by molar-refractivity contribution is 5.73. The van der Waals surface area contributed by atoms with Gasteiger partial charge in [0.25, 0.3) is 0 Å². The first-order chi connectivity index (χ1) is 12.7. The van der Waals surface area contributed by atoms with E-state index in [-0.39, 0.29) is 30.2 Å². The Labute approximate surface area is 159 Å². The van der Waals surface area contributed by atoms with Crippen LogP contribution in [0.25, 0.3) is 0 Å². The predicted molar refractivity (Wildman–Crippen MR) is 101 cm³/mol. The molecule has 0 aliphatic heterocycles. The van der Waals surface area contributed by atoms with Crippen LogP contribution >= 0.6 is 0 Å². The van der Waals surface area contributed by atoms with Gasteiger partial charge in [-0.1, -0.05) is 0 Å². The summed E-state index contributed by atoms with van der Waals surface area (Å²) in [6, 6.07) is 0. The molecule has 4 N–H and O–H groups in total. The molecule has 0 atom stereocenters. The summed E-state index contributed by atoms with van der Waals surface area (Å²) in [5, 5.41) is 0. The molecule has 0 unspecified atom stereocenters. The molecule has 9 heteroatoms. The number of carbonyl (C=O) groups excluding carboxylic acids is 2. The van der Waals surface area contributed by atoms with E-state index in [0.29, 0.717) is 26.2 Å². The summed E-state index contributed by atoms with van der Waals surface area (Å²) in [5.74, 6) is 1.06. The number of amides is 2. The van der Waals surface area contributed by atoms with Gasteiger partial charge in [0.05, 0.1) is 13.1 Å². The SMILES string of the molecule is CC(C)(C)N(Cc1nccn1CCC(N)=O)Cc1nccn1CCC(N)=O. The van der Waals surface area contributed by atoms with Gasteiger partial charge in [-0.25, -0.2) is 9.97 Å². The van der Waals surface area contributed by atoms with Crippen molar-refractivity contribution in [2.24, 2.45) is 11.5 Å². The lowest BCUT2D eigenvalue weighted by atomic mass is 10.1. The first-order valence-electron chi connectivity index (χ1n) is 8.98. The van der Waals surface area contributed by atoms with E-state index in [1.165, 1.54) is 0 Å². The summed E-state index contributed by atoms with van der Waals surface area (Å²) >= 11 is 0. The van der Waals surface area contributed by atoms with E-state index in [0.717, 1.165) is 11.6 Å². The van der Waals surface area contributed by atoms with Crippen molar-refractivity contribution in [1.82, 2.24) is 24.0 Å². The number of rotatable bonds is 10. The number of hydrogen-bond acceptors (Lipinski definition) is 5. The van der Waals surface area contributed by atoms with Gasteiger partial charge >= 0.3 is 0 Å². The Kier molecular flexibility index (Phi) is 6.73. The molecule has 0 aromatic carbocycles. The van der Waals surface area contributed by atoms with E-state index < -0.39 is 0 Å². The average molecular weight is 375 g/mol. The second kappa shape index (κ2) is 8.81. The van der Waals surface area contributed by atoms with E-state index in [9.17, 15) is 9.59 Å². The van der Waals surface area contributed by atoms with Crippen molar-refractivity contribution in [3.63, 3.8) is 0 Å². The minimum atomic E-state index is -0.334. The molecule has 27 heavy (non-hydrogen) atoms. The van der Waals surface area contributed by atoms with Crippen molar-refractivity contribution in [2.75, 3.05) is 0 Å². The maximum atomic E-state index is 11.1. The molecule has 0 radical (unpaired) electrons. The fraction of sp³-hybridized carbons (Fsp3) is 0.556. The maximum absolute atomic E-state index is 11.1. The van der Waals surface area contributed by atoms with Crippen LogP contribution in [0.1, 0.15) is 45.3 Å². The van der Waals surface area contributed by atoms with Crippen molar-refractivity contribution in [3.05, 3.63) is 36.4 Å². The standard InChI is InChI=1S/C18H29N7O2/c1-18(2,3)25(12-16-21-6-10-23(16)8-4-14(19)26)13-17-22-7-11-24(17)9-5-15(20)27/h6-7,10-11H,4-5,8-9,12-13H2,1-3H3,(H2,19,26)(H2,20,27). The molecule has 9 nitrogen and oxygen atoms in total. The molecule has 0 saturated heterocycles. The topological polar surface area (TPSA) is 125 Å². The lowest BCUT2D eigenvalue weighted by Gasteiger charge is -2.35. The number of nitrogens with two attached hydrogens (primary N) is 2. The van der Waals surface area contributed by atoms with Crippen molar-refractivity contribution in [3.8, 4) is 0 Å². The van der Waals surface area contributed by atoms with Crippen LogP contribution in [0.4, 0.5) is 0 Å². The number of hydrogen-bond donors (Lipinski definition) is 2. The Morgan fingerprint density at radius 1 is 0.926 bits per heavy atom. The molecule has 2 heterocycles. The molecular formula is C18H29N7O2. The minimum Gasteiger partial charge on any atom is -0.370 e. The lowest BCUT2D eigenvalue weighted by molar-refractivity contribution is -0.119. The molecule has 2 amide bonds. The monoisotopic (exact) mass is 375 g/mol. The first-order valence-corrected chi connectivity index (χ1v) is 8.98. The molecule has 2 aromatic rings. The Bertz CT molecular complexity index is 715. The number of aromatic nitrogens is 4. The van der Waals surface area contributed by atoms with Crippen molar-refractivity contribution < 1.29 is 9.59 Å². The number of aryl methyl sites for hydroxylation is 2.